The maximum Gasteiger partial charge on any atom is 0.262 e. The van der Waals surface area contributed by atoms with Gasteiger partial charge in [0.25, 0.3) is 5.56 Å². The first-order valence-electron chi connectivity index (χ1n) is 9.90. The molecule has 5 rings (SSSR count). The van der Waals surface area contributed by atoms with Gasteiger partial charge in [-0.2, -0.15) is 0 Å². The van der Waals surface area contributed by atoms with E-state index in [1.807, 2.05) is 78.1 Å². The molecule has 0 amide bonds. The second kappa shape index (κ2) is 7.48. The number of rotatable bonds is 5. The third kappa shape index (κ3) is 3.03. The van der Waals surface area contributed by atoms with Crippen LogP contribution in [-0.4, -0.2) is 19.2 Å². The zero-order valence-corrected chi connectivity index (χ0v) is 16.5. The van der Waals surface area contributed by atoms with Crippen molar-refractivity contribution in [1.82, 2.24) is 19.2 Å². The van der Waals surface area contributed by atoms with Crippen molar-refractivity contribution in [2.45, 2.75) is 20.1 Å². The van der Waals surface area contributed by atoms with Gasteiger partial charge in [-0.25, -0.2) is 0 Å². The molecule has 0 saturated heterocycles. The molecule has 0 aliphatic heterocycles. The number of para-hydroxylation sites is 1. The van der Waals surface area contributed by atoms with E-state index in [1.165, 1.54) is 0 Å². The molecule has 0 bridgehead atoms. The summed E-state index contributed by atoms with van der Waals surface area (Å²) in [7, 11) is 0. The summed E-state index contributed by atoms with van der Waals surface area (Å²) in [5, 5.41) is 9.21. The summed E-state index contributed by atoms with van der Waals surface area (Å²) in [6.07, 6.45) is 0. The highest BCUT2D eigenvalue weighted by molar-refractivity contribution is 5.80. The molecule has 0 spiro atoms. The molecule has 0 fully saturated rings. The first kappa shape index (κ1) is 18.1. The van der Waals surface area contributed by atoms with Crippen LogP contribution in [0.5, 0.6) is 5.75 Å². The Kier molecular flexibility index (Phi) is 4.52. The highest BCUT2D eigenvalue weighted by atomic mass is 16.5. The Balaban J connectivity index is 1.48. The molecular weight excluding hydrogens is 376 g/mol. The van der Waals surface area contributed by atoms with Crippen molar-refractivity contribution in [1.29, 1.82) is 0 Å². The van der Waals surface area contributed by atoms with E-state index in [-0.39, 0.29) is 12.2 Å². The largest absolute Gasteiger partial charge is 0.486 e. The van der Waals surface area contributed by atoms with Gasteiger partial charge in [0.05, 0.1) is 10.9 Å². The topological polar surface area (TPSA) is 61.4 Å². The third-order valence-electron chi connectivity index (χ3n) is 5.22. The minimum Gasteiger partial charge on any atom is -0.486 e. The molecule has 30 heavy (non-hydrogen) atoms. The van der Waals surface area contributed by atoms with E-state index in [2.05, 4.69) is 22.3 Å². The lowest BCUT2D eigenvalue weighted by Crippen LogP contribution is -2.22. The fraction of sp³-hybridized carbons (Fsp3) is 0.125. The average molecular weight is 396 g/mol. The number of nitrogens with zero attached hydrogens (tertiary/aromatic N) is 4. The molecule has 0 aliphatic carbocycles. The fourth-order valence-electron chi connectivity index (χ4n) is 3.72. The van der Waals surface area contributed by atoms with Gasteiger partial charge in [0.2, 0.25) is 5.78 Å². The summed E-state index contributed by atoms with van der Waals surface area (Å²) < 4.78 is 9.53. The normalized spacial score (nSPS) is 11.2. The number of benzene rings is 3. The van der Waals surface area contributed by atoms with Crippen molar-refractivity contribution in [3.8, 4) is 16.9 Å². The Morgan fingerprint density at radius 2 is 1.53 bits per heavy atom. The van der Waals surface area contributed by atoms with Crippen LogP contribution in [0.15, 0.2) is 83.7 Å². The van der Waals surface area contributed by atoms with Crippen LogP contribution >= 0.6 is 0 Å². The molecule has 5 aromatic rings. The molecule has 6 heteroatoms. The molecule has 0 radical (unpaired) electrons. The first-order valence-corrected chi connectivity index (χ1v) is 9.90. The van der Waals surface area contributed by atoms with Gasteiger partial charge in [-0.3, -0.25) is 13.8 Å². The summed E-state index contributed by atoms with van der Waals surface area (Å²) in [5.74, 6) is 1.93. The van der Waals surface area contributed by atoms with Crippen LogP contribution in [0.2, 0.25) is 0 Å². The van der Waals surface area contributed by atoms with Gasteiger partial charge in [-0.05, 0) is 42.3 Å². The predicted molar refractivity (Wildman–Crippen MR) is 117 cm³/mol. The predicted octanol–water partition coefficient (Wildman–Crippen LogP) is 4.31. The Hall–Kier alpha value is -3.93. The average Bonchev–Trinajstić information content (AvgIpc) is 3.23. The number of hydrogen-bond donors (Lipinski definition) is 0. The molecule has 0 saturated carbocycles. The molecule has 3 aromatic carbocycles. The molecule has 0 atom stereocenters. The Labute approximate surface area is 173 Å². The highest BCUT2D eigenvalue weighted by Gasteiger charge is 2.15. The summed E-state index contributed by atoms with van der Waals surface area (Å²) in [4.78, 5) is 12.8. The summed E-state index contributed by atoms with van der Waals surface area (Å²) in [6.45, 7) is 2.69. The van der Waals surface area contributed by atoms with E-state index in [0.29, 0.717) is 23.5 Å². The van der Waals surface area contributed by atoms with Crippen LogP contribution in [0.1, 0.15) is 12.7 Å². The van der Waals surface area contributed by atoms with Crippen LogP contribution in [-0.2, 0) is 13.2 Å². The van der Waals surface area contributed by atoms with Crippen molar-refractivity contribution >= 4 is 16.7 Å². The minimum absolute atomic E-state index is 0.0584. The number of aromatic nitrogens is 4. The maximum absolute atomic E-state index is 12.8. The van der Waals surface area contributed by atoms with Gasteiger partial charge in [0.1, 0.15) is 12.4 Å². The summed E-state index contributed by atoms with van der Waals surface area (Å²) >= 11 is 0. The SMILES string of the molecule is CCn1c(=O)c2ccccc2n2c(COc3ccc(-c4ccccc4)cc3)nnc12. The molecule has 2 heterocycles. The zero-order chi connectivity index (χ0) is 20.5. The molecule has 2 aromatic heterocycles. The zero-order valence-electron chi connectivity index (χ0n) is 16.5. The Morgan fingerprint density at radius 3 is 2.30 bits per heavy atom. The van der Waals surface area contributed by atoms with Crippen molar-refractivity contribution in [3.05, 3.63) is 95.0 Å². The van der Waals surface area contributed by atoms with Crippen LogP contribution in [0.4, 0.5) is 0 Å². The lowest BCUT2D eigenvalue weighted by Gasteiger charge is -2.10. The number of ether oxygens (including phenoxy) is 1. The summed E-state index contributed by atoms with van der Waals surface area (Å²) in [5.41, 5.74) is 3.02. The molecule has 148 valence electrons. The van der Waals surface area contributed by atoms with Gasteiger partial charge in [-0.1, -0.05) is 54.6 Å². The first-order chi connectivity index (χ1) is 14.8. The van der Waals surface area contributed by atoms with E-state index in [0.717, 1.165) is 22.4 Å². The second-order valence-corrected chi connectivity index (χ2v) is 7.00. The monoisotopic (exact) mass is 396 g/mol. The lowest BCUT2D eigenvalue weighted by atomic mass is 10.1. The number of fused-ring (bicyclic) bond motifs is 3. The van der Waals surface area contributed by atoms with Crippen molar-refractivity contribution in [2.24, 2.45) is 0 Å². The van der Waals surface area contributed by atoms with Crippen molar-refractivity contribution < 1.29 is 4.74 Å². The maximum atomic E-state index is 12.8. The van der Waals surface area contributed by atoms with Gasteiger partial charge in [0, 0.05) is 6.54 Å². The molecule has 0 unspecified atom stereocenters. The van der Waals surface area contributed by atoms with Gasteiger partial charge < -0.3 is 4.74 Å². The van der Waals surface area contributed by atoms with Gasteiger partial charge >= 0.3 is 0 Å². The highest BCUT2D eigenvalue weighted by Crippen LogP contribution is 2.23. The number of hydrogen-bond acceptors (Lipinski definition) is 4. The molecule has 0 aliphatic rings. The van der Waals surface area contributed by atoms with Crippen LogP contribution in [0, 0.1) is 0 Å². The fourth-order valence-corrected chi connectivity index (χ4v) is 3.72. The van der Waals surface area contributed by atoms with Gasteiger partial charge in [0.15, 0.2) is 5.82 Å². The van der Waals surface area contributed by atoms with E-state index in [4.69, 9.17) is 4.74 Å². The quantitative estimate of drug-likeness (QED) is 0.444. The van der Waals surface area contributed by atoms with E-state index >= 15 is 0 Å². The van der Waals surface area contributed by atoms with Crippen LogP contribution in [0.25, 0.3) is 27.8 Å². The lowest BCUT2D eigenvalue weighted by molar-refractivity contribution is 0.295. The third-order valence-corrected chi connectivity index (χ3v) is 5.22. The Morgan fingerprint density at radius 1 is 0.833 bits per heavy atom. The molecule has 0 N–H and O–H groups in total. The smallest absolute Gasteiger partial charge is 0.262 e. The molecule has 6 nitrogen and oxygen atoms in total. The molecular formula is C24H20N4O2. The van der Waals surface area contributed by atoms with E-state index in [1.54, 1.807) is 4.57 Å². The standard InChI is InChI=1S/C24H20N4O2/c1-2-27-23(29)20-10-6-7-11-21(20)28-22(25-26-24(27)28)16-30-19-14-12-18(13-15-19)17-8-4-3-5-9-17/h3-15H,2,16H2,1H3. The summed E-state index contributed by atoms with van der Waals surface area (Å²) in [6, 6.07) is 25.7. The second-order valence-electron chi connectivity index (χ2n) is 7.00. The van der Waals surface area contributed by atoms with Gasteiger partial charge in [-0.15, -0.1) is 10.2 Å². The van der Waals surface area contributed by atoms with E-state index in [9.17, 15) is 4.79 Å². The number of aryl methyl sites for hydroxylation is 1. The van der Waals surface area contributed by atoms with Crippen LogP contribution in [0.3, 0.4) is 0 Å². The van der Waals surface area contributed by atoms with Crippen molar-refractivity contribution in [2.75, 3.05) is 0 Å². The minimum atomic E-state index is -0.0584. The van der Waals surface area contributed by atoms with Crippen molar-refractivity contribution in [3.63, 3.8) is 0 Å². The Bertz CT molecular complexity index is 1390. The van der Waals surface area contributed by atoms with Crippen LogP contribution < -0.4 is 10.3 Å². The van der Waals surface area contributed by atoms with E-state index < -0.39 is 0 Å².